The van der Waals surface area contributed by atoms with Crippen molar-refractivity contribution in [3.05, 3.63) is 35.2 Å². The van der Waals surface area contributed by atoms with Gasteiger partial charge in [0.05, 0.1) is 31.2 Å². The molecule has 27 heavy (non-hydrogen) atoms. The standard InChI is InChI=1S/C19H19N5O2S/c1-11-22-23-19(27-11)12-2-3-13-7-20-18(21-17(13)4-12)6-15(25)8-24-9-16-5-14(24)10-26-16/h2-4,7,14,16H,5-6,8-10H2,1H3/t14-,16-/m1/s1. The zero-order valence-electron chi connectivity index (χ0n) is 15.0. The summed E-state index contributed by atoms with van der Waals surface area (Å²) in [7, 11) is 0. The maximum Gasteiger partial charge on any atom is 0.154 e. The average molecular weight is 381 g/mol. The minimum absolute atomic E-state index is 0.151. The molecule has 2 fully saturated rings. The second-order valence-electron chi connectivity index (χ2n) is 7.18. The largest absolute Gasteiger partial charge is 0.375 e. The number of benzene rings is 1. The van der Waals surface area contributed by atoms with Crippen molar-refractivity contribution in [2.75, 3.05) is 19.7 Å². The molecular formula is C19H19N5O2S. The van der Waals surface area contributed by atoms with Gasteiger partial charge in [-0.15, -0.1) is 10.2 Å². The molecule has 0 unspecified atom stereocenters. The van der Waals surface area contributed by atoms with Gasteiger partial charge >= 0.3 is 0 Å². The van der Waals surface area contributed by atoms with Gasteiger partial charge < -0.3 is 4.74 Å². The Labute approximate surface area is 160 Å². The van der Waals surface area contributed by atoms with E-state index in [4.69, 9.17) is 4.74 Å². The molecule has 4 heterocycles. The van der Waals surface area contributed by atoms with Crippen LogP contribution in [0.4, 0.5) is 0 Å². The van der Waals surface area contributed by atoms with E-state index >= 15 is 0 Å². The first-order valence-electron chi connectivity index (χ1n) is 9.07. The quantitative estimate of drug-likeness (QED) is 0.669. The number of nitrogens with zero attached hydrogens (tertiary/aromatic N) is 5. The molecule has 2 bridgehead atoms. The van der Waals surface area contributed by atoms with Crippen LogP contribution in [0.1, 0.15) is 17.3 Å². The predicted octanol–water partition coefficient (Wildman–Crippen LogP) is 2.04. The first-order valence-corrected chi connectivity index (χ1v) is 9.89. The normalized spacial score (nSPS) is 22.0. The molecule has 3 aromatic rings. The zero-order valence-corrected chi connectivity index (χ0v) is 15.8. The SMILES string of the molecule is Cc1nnc(-c2ccc3cnc(CC(=O)CN4C[C@H]5C[C@@H]4CO5)nc3c2)s1. The van der Waals surface area contributed by atoms with Crippen molar-refractivity contribution in [3.8, 4) is 10.6 Å². The number of Topliss-reactive ketones (excluding diaryl/α,β-unsaturated/α-hetero) is 1. The van der Waals surface area contributed by atoms with Gasteiger partial charge in [0.15, 0.2) is 5.78 Å². The molecule has 2 atom stereocenters. The lowest BCUT2D eigenvalue weighted by Gasteiger charge is -2.25. The van der Waals surface area contributed by atoms with Crippen LogP contribution in [0.5, 0.6) is 0 Å². The van der Waals surface area contributed by atoms with Crippen molar-refractivity contribution < 1.29 is 9.53 Å². The van der Waals surface area contributed by atoms with Crippen molar-refractivity contribution in [1.82, 2.24) is 25.1 Å². The molecule has 2 aromatic heterocycles. The Morgan fingerprint density at radius 2 is 2.30 bits per heavy atom. The monoisotopic (exact) mass is 381 g/mol. The molecule has 138 valence electrons. The average Bonchev–Trinajstić information content (AvgIpc) is 3.38. The van der Waals surface area contributed by atoms with E-state index in [2.05, 4.69) is 25.1 Å². The second-order valence-corrected chi connectivity index (χ2v) is 8.36. The number of ketones is 1. The Hall–Kier alpha value is -2.29. The highest BCUT2D eigenvalue weighted by Gasteiger charge is 2.39. The van der Waals surface area contributed by atoms with Crippen LogP contribution < -0.4 is 0 Å². The molecule has 0 radical (unpaired) electrons. The van der Waals surface area contributed by atoms with Gasteiger partial charge in [-0.25, -0.2) is 9.97 Å². The lowest BCUT2D eigenvalue weighted by atomic mass is 10.1. The fourth-order valence-corrected chi connectivity index (χ4v) is 4.51. The summed E-state index contributed by atoms with van der Waals surface area (Å²) in [6.07, 6.45) is 3.40. The van der Waals surface area contributed by atoms with Gasteiger partial charge in [0.1, 0.15) is 15.8 Å². The number of hydrogen-bond acceptors (Lipinski definition) is 8. The van der Waals surface area contributed by atoms with Crippen LogP contribution >= 0.6 is 11.3 Å². The molecule has 0 aliphatic carbocycles. The van der Waals surface area contributed by atoms with Crippen molar-refractivity contribution in [3.63, 3.8) is 0 Å². The van der Waals surface area contributed by atoms with Gasteiger partial charge in [-0.1, -0.05) is 23.5 Å². The third-order valence-corrected chi connectivity index (χ3v) is 6.04. The summed E-state index contributed by atoms with van der Waals surface area (Å²) in [6.45, 7) is 4.00. The number of ether oxygens (including phenoxy) is 1. The van der Waals surface area contributed by atoms with Crippen LogP contribution in [0.25, 0.3) is 21.5 Å². The summed E-state index contributed by atoms with van der Waals surface area (Å²) < 4.78 is 5.59. The smallest absolute Gasteiger partial charge is 0.154 e. The van der Waals surface area contributed by atoms with Crippen molar-refractivity contribution in [2.45, 2.75) is 31.9 Å². The number of morpholine rings is 1. The molecule has 8 heteroatoms. The van der Waals surface area contributed by atoms with Crippen LogP contribution in [0, 0.1) is 6.92 Å². The van der Waals surface area contributed by atoms with Crippen LogP contribution in [0.3, 0.4) is 0 Å². The number of aromatic nitrogens is 4. The van der Waals surface area contributed by atoms with Gasteiger partial charge in [-0.05, 0) is 19.4 Å². The molecular weight excluding hydrogens is 362 g/mol. The van der Waals surface area contributed by atoms with E-state index in [9.17, 15) is 4.79 Å². The number of likely N-dealkylation sites (tertiary alicyclic amines) is 1. The Bertz CT molecular complexity index is 1020. The summed E-state index contributed by atoms with van der Waals surface area (Å²) in [5.74, 6) is 0.719. The van der Waals surface area contributed by atoms with Crippen LogP contribution in [0.15, 0.2) is 24.4 Å². The minimum atomic E-state index is 0.151. The maximum absolute atomic E-state index is 12.5. The number of carbonyl (C=O) groups is 1. The van der Waals surface area contributed by atoms with Gasteiger partial charge in [-0.2, -0.15) is 0 Å². The number of carbonyl (C=O) groups excluding carboxylic acids is 1. The van der Waals surface area contributed by atoms with E-state index in [1.54, 1.807) is 17.5 Å². The minimum Gasteiger partial charge on any atom is -0.375 e. The molecule has 0 saturated carbocycles. The lowest BCUT2D eigenvalue weighted by molar-refractivity contribution is -0.120. The maximum atomic E-state index is 12.5. The number of rotatable bonds is 5. The summed E-state index contributed by atoms with van der Waals surface area (Å²) in [5, 5.41) is 11.0. The van der Waals surface area contributed by atoms with E-state index in [1.165, 1.54) is 0 Å². The number of hydrogen-bond donors (Lipinski definition) is 0. The van der Waals surface area contributed by atoms with Crippen LogP contribution in [0.2, 0.25) is 0 Å². The van der Waals surface area contributed by atoms with Crippen molar-refractivity contribution in [1.29, 1.82) is 0 Å². The fourth-order valence-electron chi connectivity index (χ4n) is 3.82. The molecule has 7 nitrogen and oxygen atoms in total. The molecule has 0 spiro atoms. The Morgan fingerprint density at radius 1 is 1.37 bits per heavy atom. The number of fused-ring (bicyclic) bond motifs is 3. The Balaban J connectivity index is 1.33. The summed E-state index contributed by atoms with van der Waals surface area (Å²) in [6, 6.07) is 6.37. The first kappa shape index (κ1) is 16.9. The molecule has 2 saturated heterocycles. The lowest BCUT2D eigenvalue weighted by Crippen LogP contribution is -2.40. The van der Waals surface area contributed by atoms with E-state index in [0.29, 0.717) is 24.5 Å². The molecule has 2 aliphatic heterocycles. The molecule has 0 N–H and O–H groups in total. The highest BCUT2D eigenvalue weighted by atomic mass is 32.1. The Kier molecular flexibility index (Phi) is 4.18. The summed E-state index contributed by atoms with van der Waals surface area (Å²) in [4.78, 5) is 23.7. The van der Waals surface area contributed by atoms with Crippen LogP contribution in [-0.4, -0.2) is 62.7 Å². The molecule has 2 aliphatic rings. The van der Waals surface area contributed by atoms with Gasteiger partial charge in [-0.3, -0.25) is 9.69 Å². The van der Waals surface area contributed by atoms with Crippen molar-refractivity contribution in [2.24, 2.45) is 0 Å². The van der Waals surface area contributed by atoms with Gasteiger partial charge in [0.2, 0.25) is 0 Å². The van der Waals surface area contributed by atoms with Crippen LogP contribution in [-0.2, 0) is 16.0 Å². The second kappa shape index (κ2) is 6.70. The van der Waals surface area contributed by atoms with E-state index in [0.717, 1.165) is 46.1 Å². The Morgan fingerprint density at radius 3 is 3.04 bits per heavy atom. The predicted molar refractivity (Wildman–Crippen MR) is 102 cm³/mol. The third kappa shape index (κ3) is 3.36. The summed E-state index contributed by atoms with van der Waals surface area (Å²) >= 11 is 1.55. The third-order valence-electron chi connectivity index (χ3n) is 5.15. The van der Waals surface area contributed by atoms with E-state index in [-0.39, 0.29) is 12.2 Å². The van der Waals surface area contributed by atoms with Crippen molar-refractivity contribution >= 4 is 28.0 Å². The zero-order chi connectivity index (χ0) is 18.4. The number of aryl methyl sites for hydroxylation is 1. The van der Waals surface area contributed by atoms with Gasteiger partial charge in [0.25, 0.3) is 0 Å². The first-order chi connectivity index (χ1) is 13.1. The highest BCUT2D eigenvalue weighted by molar-refractivity contribution is 7.14. The summed E-state index contributed by atoms with van der Waals surface area (Å²) in [5.41, 5.74) is 1.81. The fraction of sp³-hybridized carbons (Fsp3) is 0.421. The topological polar surface area (TPSA) is 81.1 Å². The highest BCUT2D eigenvalue weighted by Crippen LogP contribution is 2.28. The molecule has 5 rings (SSSR count). The van der Waals surface area contributed by atoms with Gasteiger partial charge in [0, 0.05) is 29.7 Å². The van der Waals surface area contributed by atoms with E-state index < -0.39 is 0 Å². The molecule has 0 amide bonds. The molecule has 1 aromatic carbocycles. The van der Waals surface area contributed by atoms with E-state index in [1.807, 2.05) is 25.1 Å².